The third kappa shape index (κ3) is 1.92. The summed E-state index contributed by atoms with van der Waals surface area (Å²) in [4.78, 5) is 0. The lowest BCUT2D eigenvalue weighted by Crippen LogP contribution is -2.33. The molecule has 0 aliphatic heterocycles. The van der Waals surface area contributed by atoms with Gasteiger partial charge in [-0.3, -0.25) is 0 Å². The molecule has 0 amide bonds. The molecule has 0 bridgehead atoms. The maximum absolute atomic E-state index is 11.3. The molecule has 0 saturated heterocycles. The minimum atomic E-state index is -0.949. The van der Waals surface area contributed by atoms with Gasteiger partial charge in [0.15, 0.2) is 0 Å². The van der Waals surface area contributed by atoms with Crippen LogP contribution in [0, 0.1) is 0 Å². The van der Waals surface area contributed by atoms with Crippen molar-refractivity contribution in [3.63, 3.8) is 0 Å². The number of hydrogen-bond donors (Lipinski definition) is 1. The van der Waals surface area contributed by atoms with E-state index in [-0.39, 0.29) is 0 Å². The molecule has 2 nitrogen and oxygen atoms in total. The maximum atomic E-state index is 11.3. The van der Waals surface area contributed by atoms with Crippen LogP contribution in [0.2, 0.25) is 0 Å². The number of aliphatic hydroxyl groups is 1. The van der Waals surface area contributed by atoms with Crippen LogP contribution in [-0.4, -0.2) is 12.2 Å². The van der Waals surface area contributed by atoms with Crippen LogP contribution in [0.4, 0.5) is 0 Å². The summed E-state index contributed by atoms with van der Waals surface area (Å²) in [5.74, 6) is 1.24. The maximum Gasteiger partial charge on any atom is 0.125 e. The van der Waals surface area contributed by atoms with Crippen molar-refractivity contribution in [3.05, 3.63) is 65.2 Å². The SMILES string of the molecule is COc1ccccc1C1(O)CCC(C)c2ccccc21. The molecule has 20 heavy (non-hydrogen) atoms. The summed E-state index contributed by atoms with van der Waals surface area (Å²) in [5, 5.41) is 11.3. The lowest BCUT2D eigenvalue weighted by atomic mass is 9.71. The summed E-state index contributed by atoms with van der Waals surface area (Å²) >= 11 is 0. The topological polar surface area (TPSA) is 29.5 Å². The highest BCUT2D eigenvalue weighted by molar-refractivity contribution is 5.49. The highest BCUT2D eigenvalue weighted by Gasteiger charge is 2.39. The Balaban J connectivity index is 2.20. The molecule has 0 fully saturated rings. The van der Waals surface area contributed by atoms with Crippen molar-refractivity contribution < 1.29 is 9.84 Å². The predicted molar refractivity (Wildman–Crippen MR) is 80.1 cm³/mol. The molecule has 1 N–H and O–H groups in total. The average molecular weight is 268 g/mol. The first-order valence-corrected chi connectivity index (χ1v) is 7.12. The van der Waals surface area contributed by atoms with Crippen LogP contribution >= 0.6 is 0 Å². The molecule has 1 aliphatic rings. The summed E-state index contributed by atoms with van der Waals surface area (Å²) < 4.78 is 5.45. The number of ether oxygens (including phenoxy) is 1. The number of hydrogen-bond acceptors (Lipinski definition) is 2. The summed E-state index contributed by atoms with van der Waals surface area (Å²) in [6, 6.07) is 16.0. The number of rotatable bonds is 2. The third-order valence-electron chi connectivity index (χ3n) is 4.43. The molecule has 2 aromatic carbocycles. The van der Waals surface area contributed by atoms with Crippen molar-refractivity contribution in [1.29, 1.82) is 0 Å². The molecule has 0 saturated carbocycles. The van der Waals surface area contributed by atoms with Gasteiger partial charge in [-0.1, -0.05) is 49.4 Å². The molecule has 0 radical (unpaired) electrons. The Kier molecular flexibility index (Phi) is 3.27. The van der Waals surface area contributed by atoms with Crippen molar-refractivity contribution in [2.75, 3.05) is 7.11 Å². The van der Waals surface area contributed by atoms with Crippen LogP contribution in [0.25, 0.3) is 0 Å². The molecule has 2 heteroatoms. The highest BCUT2D eigenvalue weighted by Crippen LogP contribution is 2.47. The third-order valence-corrected chi connectivity index (χ3v) is 4.43. The molecule has 0 heterocycles. The fraction of sp³-hybridized carbons (Fsp3) is 0.333. The van der Waals surface area contributed by atoms with E-state index < -0.39 is 5.60 Å². The van der Waals surface area contributed by atoms with Gasteiger partial charge in [-0.05, 0) is 36.0 Å². The first-order valence-electron chi connectivity index (χ1n) is 7.12. The monoisotopic (exact) mass is 268 g/mol. The molecule has 104 valence electrons. The van der Waals surface area contributed by atoms with E-state index in [9.17, 15) is 5.11 Å². The van der Waals surface area contributed by atoms with Crippen molar-refractivity contribution in [1.82, 2.24) is 0 Å². The van der Waals surface area contributed by atoms with Gasteiger partial charge in [-0.15, -0.1) is 0 Å². The molecule has 0 spiro atoms. The zero-order chi connectivity index (χ0) is 14.2. The zero-order valence-corrected chi connectivity index (χ0v) is 12.0. The normalized spacial score (nSPS) is 25.1. The lowest BCUT2D eigenvalue weighted by molar-refractivity contribution is 0.0554. The fourth-order valence-electron chi connectivity index (χ4n) is 3.29. The van der Waals surface area contributed by atoms with E-state index in [1.54, 1.807) is 7.11 Å². The zero-order valence-electron chi connectivity index (χ0n) is 12.0. The van der Waals surface area contributed by atoms with Gasteiger partial charge in [0.25, 0.3) is 0 Å². The van der Waals surface area contributed by atoms with Gasteiger partial charge < -0.3 is 9.84 Å². The highest BCUT2D eigenvalue weighted by atomic mass is 16.5. The Morgan fingerprint density at radius 3 is 2.45 bits per heavy atom. The number of para-hydroxylation sites is 1. The largest absolute Gasteiger partial charge is 0.496 e. The minimum absolute atomic E-state index is 0.487. The lowest BCUT2D eigenvalue weighted by Gasteiger charge is -2.38. The molecule has 2 unspecified atom stereocenters. The second-order valence-corrected chi connectivity index (χ2v) is 5.59. The van der Waals surface area contributed by atoms with Gasteiger partial charge in [0.05, 0.1) is 7.11 Å². The van der Waals surface area contributed by atoms with E-state index >= 15 is 0 Å². The Hall–Kier alpha value is -1.80. The van der Waals surface area contributed by atoms with Crippen LogP contribution in [0.15, 0.2) is 48.5 Å². The van der Waals surface area contributed by atoms with Crippen LogP contribution < -0.4 is 4.74 Å². The van der Waals surface area contributed by atoms with E-state index in [2.05, 4.69) is 13.0 Å². The van der Waals surface area contributed by atoms with Gasteiger partial charge in [0, 0.05) is 5.56 Å². The van der Waals surface area contributed by atoms with Crippen LogP contribution in [0.1, 0.15) is 42.4 Å². The Labute approximate surface area is 120 Å². The van der Waals surface area contributed by atoms with Gasteiger partial charge in [-0.2, -0.15) is 0 Å². The van der Waals surface area contributed by atoms with E-state index in [4.69, 9.17) is 4.74 Å². The van der Waals surface area contributed by atoms with Gasteiger partial charge >= 0.3 is 0 Å². The molecule has 2 atom stereocenters. The van der Waals surface area contributed by atoms with E-state index in [0.717, 1.165) is 29.7 Å². The molecule has 2 aromatic rings. The number of fused-ring (bicyclic) bond motifs is 1. The van der Waals surface area contributed by atoms with Crippen molar-refractivity contribution in [2.45, 2.75) is 31.3 Å². The minimum Gasteiger partial charge on any atom is -0.496 e. The molecular formula is C18H20O2. The Morgan fingerprint density at radius 1 is 1.05 bits per heavy atom. The first kappa shape index (κ1) is 13.2. The average Bonchev–Trinajstić information content (AvgIpc) is 2.51. The van der Waals surface area contributed by atoms with Crippen LogP contribution in [0.5, 0.6) is 5.75 Å². The summed E-state index contributed by atoms with van der Waals surface area (Å²) in [6.07, 6.45) is 1.71. The standard InChI is InChI=1S/C18H20O2/c1-13-11-12-18(19,15-8-4-3-7-14(13)15)16-9-5-6-10-17(16)20-2/h3-10,13,19H,11-12H2,1-2H3. The van der Waals surface area contributed by atoms with Gasteiger partial charge in [-0.25, -0.2) is 0 Å². The molecule has 0 aromatic heterocycles. The Morgan fingerprint density at radius 2 is 1.70 bits per heavy atom. The summed E-state index contributed by atoms with van der Waals surface area (Å²) in [7, 11) is 1.65. The quantitative estimate of drug-likeness (QED) is 0.897. The van der Waals surface area contributed by atoms with Crippen molar-refractivity contribution in [2.24, 2.45) is 0 Å². The van der Waals surface area contributed by atoms with Gasteiger partial charge in [0.2, 0.25) is 0 Å². The molecular weight excluding hydrogens is 248 g/mol. The second-order valence-electron chi connectivity index (χ2n) is 5.59. The molecule has 3 rings (SSSR count). The van der Waals surface area contributed by atoms with Gasteiger partial charge in [0.1, 0.15) is 11.4 Å². The van der Waals surface area contributed by atoms with Crippen LogP contribution in [-0.2, 0) is 5.60 Å². The smallest absolute Gasteiger partial charge is 0.125 e. The fourth-order valence-corrected chi connectivity index (χ4v) is 3.29. The summed E-state index contributed by atoms with van der Waals surface area (Å²) in [6.45, 7) is 2.22. The Bertz CT molecular complexity index is 620. The van der Waals surface area contributed by atoms with Crippen LogP contribution in [0.3, 0.4) is 0 Å². The summed E-state index contributed by atoms with van der Waals surface area (Å²) in [5.41, 5.74) is 2.17. The van der Waals surface area contributed by atoms with Crippen molar-refractivity contribution >= 4 is 0 Å². The number of benzene rings is 2. The first-order chi connectivity index (χ1) is 9.66. The second kappa shape index (κ2) is 4.95. The predicted octanol–water partition coefficient (Wildman–Crippen LogP) is 3.83. The number of methoxy groups -OCH3 is 1. The molecule has 1 aliphatic carbocycles. The van der Waals surface area contributed by atoms with E-state index in [1.807, 2.05) is 42.5 Å². The van der Waals surface area contributed by atoms with E-state index in [1.165, 1.54) is 5.56 Å². The van der Waals surface area contributed by atoms with Crippen molar-refractivity contribution in [3.8, 4) is 5.75 Å². The van der Waals surface area contributed by atoms with E-state index in [0.29, 0.717) is 5.92 Å².